The Kier molecular flexibility index (Phi) is 2.62. The van der Waals surface area contributed by atoms with Crippen molar-refractivity contribution in [1.82, 2.24) is 9.55 Å². The third kappa shape index (κ3) is 1.82. The maximum Gasteiger partial charge on any atom is 0.360 e. The molecule has 0 bridgehead atoms. The second kappa shape index (κ2) is 3.92. The molecule has 1 heterocycles. The van der Waals surface area contributed by atoms with Crippen molar-refractivity contribution >= 4 is 11.8 Å². The maximum atomic E-state index is 11.2. The zero-order valence-corrected chi connectivity index (χ0v) is 8.77. The smallest absolute Gasteiger partial charge is 0.360 e. The molecular weight excluding hydrogens is 194 g/mol. The predicted octanol–water partition coefficient (Wildman–Crippen LogP) is 1.05. The molecule has 1 aliphatic carbocycles. The Morgan fingerprint density at radius 1 is 1.73 bits per heavy atom. The Bertz CT molecular complexity index is 369. The summed E-state index contributed by atoms with van der Waals surface area (Å²) in [6.45, 7) is 0.857. The van der Waals surface area contributed by atoms with Crippen molar-refractivity contribution in [2.75, 3.05) is 12.8 Å². The number of ether oxygens (including phenoxy) is 1. The van der Waals surface area contributed by atoms with E-state index in [-0.39, 0.29) is 5.69 Å². The van der Waals surface area contributed by atoms with Gasteiger partial charge in [-0.15, -0.1) is 0 Å². The normalized spacial score (nSPS) is 16.1. The van der Waals surface area contributed by atoms with Gasteiger partial charge in [-0.2, -0.15) is 0 Å². The average molecular weight is 209 g/mol. The van der Waals surface area contributed by atoms with Gasteiger partial charge in [0.1, 0.15) is 5.82 Å². The Labute approximate surface area is 88.2 Å². The summed E-state index contributed by atoms with van der Waals surface area (Å²) in [5, 5.41) is 0. The van der Waals surface area contributed by atoms with Gasteiger partial charge in [-0.1, -0.05) is 6.42 Å². The molecule has 1 aliphatic rings. The summed E-state index contributed by atoms with van der Waals surface area (Å²) < 4.78 is 6.41. The van der Waals surface area contributed by atoms with Crippen molar-refractivity contribution in [1.29, 1.82) is 0 Å². The number of nitrogen functional groups attached to an aromatic ring is 1. The average Bonchev–Trinajstić information content (AvgIpc) is 2.53. The number of methoxy groups -OCH3 is 1. The van der Waals surface area contributed by atoms with Crippen LogP contribution in [0.15, 0.2) is 6.33 Å². The lowest BCUT2D eigenvalue weighted by Crippen LogP contribution is -2.19. The molecule has 0 saturated heterocycles. The highest BCUT2D eigenvalue weighted by atomic mass is 16.5. The number of carbonyl (C=O) groups excluding carboxylic acids is 1. The summed E-state index contributed by atoms with van der Waals surface area (Å²) in [4.78, 5) is 15.2. The second-order valence-electron chi connectivity index (χ2n) is 3.92. The summed E-state index contributed by atoms with van der Waals surface area (Å²) in [6.07, 6.45) is 5.39. The van der Waals surface area contributed by atoms with Crippen molar-refractivity contribution < 1.29 is 9.53 Å². The first-order valence-electron chi connectivity index (χ1n) is 5.11. The van der Waals surface area contributed by atoms with Crippen LogP contribution in [0.4, 0.5) is 5.82 Å². The fourth-order valence-corrected chi connectivity index (χ4v) is 1.74. The van der Waals surface area contributed by atoms with Gasteiger partial charge < -0.3 is 15.0 Å². The van der Waals surface area contributed by atoms with Crippen LogP contribution >= 0.6 is 0 Å². The zero-order valence-electron chi connectivity index (χ0n) is 8.77. The molecule has 15 heavy (non-hydrogen) atoms. The summed E-state index contributed by atoms with van der Waals surface area (Å²) in [6, 6.07) is 0. The third-order valence-corrected chi connectivity index (χ3v) is 2.94. The van der Waals surface area contributed by atoms with Crippen LogP contribution in [0.25, 0.3) is 0 Å². The summed E-state index contributed by atoms with van der Waals surface area (Å²) >= 11 is 0. The molecule has 0 amide bonds. The Hall–Kier alpha value is -1.52. The first-order chi connectivity index (χ1) is 7.22. The van der Waals surface area contributed by atoms with Gasteiger partial charge in [0.2, 0.25) is 0 Å². The highest BCUT2D eigenvalue weighted by Gasteiger charge is 2.21. The van der Waals surface area contributed by atoms with Crippen molar-refractivity contribution in [3.63, 3.8) is 0 Å². The molecule has 5 heteroatoms. The van der Waals surface area contributed by atoms with Crippen LogP contribution in [-0.4, -0.2) is 22.6 Å². The SMILES string of the molecule is COC(=O)c1ncn(CC2CCC2)c1N. The molecule has 0 spiro atoms. The van der Waals surface area contributed by atoms with Crippen LogP contribution in [-0.2, 0) is 11.3 Å². The van der Waals surface area contributed by atoms with Gasteiger partial charge in [-0.05, 0) is 18.8 Å². The Morgan fingerprint density at radius 3 is 3.00 bits per heavy atom. The number of hydrogen-bond acceptors (Lipinski definition) is 4. The van der Waals surface area contributed by atoms with Crippen LogP contribution < -0.4 is 5.73 Å². The monoisotopic (exact) mass is 209 g/mol. The second-order valence-corrected chi connectivity index (χ2v) is 3.92. The molecule has 1 saturated carbocycles. The van der Waals surface area contributed by atoms with Gasteiger partial charge in [0.05, 0.1) is 13.4 Å². The van der Waals surface area contributed by atoms with E-state index in [1.165, 1.54) is 26.4 Å². The molecule has 0 unspecified atom stereocenters. The van der Waals surface area contributed by atoms with E-state index in [1.54, 1.807) is 6.33 Å². The van der Waals surface area contributed by atoms with Crippen LogP contribution in [0.5, 0.6) is 0 Å². The fraction of sp³-hybridized carbons (Fsp3) is 0.600. The predicted molar refractivity (Wildman–Crippen MR) is 55.3 cm³/mol. The number of nitrogens with two attached hydrogens (primary N) is 1. The number of imidazole rings is 1. The molecule has 1 fully saturated rings. The Morgan fingerprint density at radius 2 is 2.47 bits per heavy atom. The molecule has 0 aliphatic heterocycles. The minimum atomic E-state index is -0.472. The summed E-state index contributed by atoms with van der Waals surface area (Å²) in [7, 11) is 1.33. The largest absolute Gasteiger partial charge is 0.464 e. The lowest BCUT2D eigenvalue weighted by molar-refractivity contribution is 0.0596. The van der Waals surface area contributed by atoms with Gasteiger partial charge >= 0.3 is 5.97 Å². The van der Waals surface area contributed by atoms with Gasteiger partial charge in [0.25, 0.3) is 0 Å². The standard InChI is InChI=1S/C10H15N3O2/c1-15-10(14)8-9(11)13(6-12-8)5-7-3-2-4-7/h6-7H,2-5,11H2,1H3. The number of nitrogens with zero attached hydrogens (tertiary/aromatic N) is 2. The Balaban J connectivity index is 2.11. The van der Waals surface area contributed by atoms with Crippen LogP contribution in [0.3, 0.4) is 0 Å². The number of rotatable bonds is 3. The van der Waals surface area contributed by atoms with Crippen LogP contribution in [0, 0.1) is 5.92 Å². The highest BCUT2D eigenvalue weighted by molar-refractivity contribution is 5.91. The van der Waals surface area contributed by atoms with Crippen molar-refractivity contribution in [2.24, 2.45) is 5.92 Å². The van der Waals surface area contributed by atoms with Gasteiger partial charge in [0, 0.05) is 6.54 Å². The van der Waals surface area contributed by atoms with Crippen molar-refractivity contribution in [3.05, 3.63) is 12.0 Å². The molecule has 0 radical (unpaired) electrons. The maximum absolute atomic E-state index is 11.2. The van der Waals surface area contributed by atoms with Crippen molar-refractivity contribution in [3.8, 4) is 0 Å². The molecule has 82 valence electrons. The quantitative estimate of drug-likeness (QED) is 0.755. The summed E-state index contributed by atoms with van der Waals surface area (Å²) in [5.74, 6) is 0.626. The lowest BCUT2D eigenvalue weighted by Gasteiger charge is -2.25. The zero-order chi connectivity index (χ0) is 10.8. The van der Waals surface area contributed by atoms with Gasteiger partial charge in [-0.25, -0.2) is 9.78 Å². The van der Waals surface area contributed by atoms with E-state index in [0.717, 1.165) is 6.54 Å². The molecule has 2 rings (SSSR count). The number of esters is 1. The molecule has 5 nitrogen and oxygen atoms in total. The van der Waals surface area contributed by atoms with E-state index in [1.807, 2.05) is 4.57 Å². The highest BCUT2D eigenvalue weighted by Crippen LogP contribution is 2.28. The van der Waals surface area contributed by atoms with Gasteiger partial charge in [-0.3, -0.25) is 0 Å². The van der Waals surface area contributed by atoms with Crippen molar-refractivity contribution in [2.45, 2.75) is 25.8 Å². The number of carbonyl (C=O) groups is 1. The third-order valence-electron chi connectivity index (χ3n) is 2.94. The minimum Gasteiger partial charge on any atom is -0.464 e. The van der Waals surface area contributed by atoms with E-state index in [2.05, 4.69) is 9.72 Å². The molecule has 2 N–H and O–H groups in total. The first kappa shape index (κ1) is 10.0. The van der Waals surface area contributed by atoms with E-state index in [9.17, 15) is 4.79 Å². The number of hydrogen-bond donors (Lipinski definition) is 1. The number of aromatic nitrogens is 2. The van der Waals surface area contributed by atoms with E-state index in [4.69, 9.17) is 5.73 Å². The van der Waals surface area contributed by atoms with E-state index >= 15 is 0 Å². The molecule has 1 aromatic rings. The van der Waals surface area contributed by atoms with Gasteiger partial charge in [0.15, 0.2) is 5.69 Å². The minimum absolute atomic E-state index is 0.219. The van der Waals surface area contributed by atoms with Crippen LogP contribution in [0.2, 0.25) is 0 Å². The lowest BCUT2D eigenvalue weighted by atomic mass is 9.85. The number of anilines is 1. The topological polar surface area (TPSA) is 70.1 Å². The van der Waals surface area contributed by atoms with E-state index < -0.39 is 5.97 Å². The first-order valence-corrected chi connectivity index (χ1v) is 5.11. The molecule has 1 aromatic heterocycles. The summed E-state index contributed by atoms with van der Waals surface area (Å²) in [5.41, 5.74) is 6.03. The van der Waals surface area contributed by atoms with E-state index in [0.29, 0.717) is 11.7 Å². The fourth-order valence-electron chi connectivity index (χ4n) is 1.74. The molecule has 0 aromatic carbocycles. The molecule has 0 atom stereocenters. The molecular formula is C10H15N3O2. The van der Waals surface area contributed by atoms with Crippen LogP contribution in [0.1, 0.15) is 29.8 Å².